The number of halogens is 3. The van der Waals surface area contributed by atoms with Crippen LogP contribution in [0.5, 0.6) is 0 Å². The van der Waals surface area contributed by atoms with Gasteiger partial charge in [0.05, 0.1) is 6.04 Å². The summed E-state index contributed by atoms with van der Waals surface area (Å²) in [6, 6.07) is 12.3. The Hall–Kier alpha value is -2.51. The number of nitrogens with zero attached hydrogens (tertiary/aromatic N) is 3. The van der Waals surface area contributed by atoms with Gasteiger partial charge in [0.15, 0.2) is 5.60 Å². The Morgan fingerprint density at radius 1 is 1.14 bits per heavy atom. The van der Waals surface area contributed by atoms with Crippen LogP contribution in [-0.4, -0.2) is 61.2 Å². The zero-order chi connectivity index (χ0) is 26.0. The van der Waals surface area contributed by atoms with Gasteiger partial charge in [-0.3, -0.25) is 4.98 Å². The number of rotatable bonds is 8. The van der Waals surface area contributed by atoms with Gasteiger partial charge in [0.2, 0.25) is 0 Å². The Labute approximate surface area is 212 Å². The fraction of sp³-hybridized carbons (Fsp3) is 0.375. The summed E-state index contributed by atoms with van der Waals surface area (Å²) < 4.78 is 67.8. The maximum absolute atomic E-state index is 13.3. The van der Waals surface area contributed by atoms with E-state index in [4.69, 9.17) is 0 Å². The molecule has 4 rings (SSSR count). The first-order chi connectivity index (χ1) is 17.0. The molecule has 0 spiro atoms. The predicted molar refractivity (Wildman–Crippen MR) is 132 cm³/mol. The molecule has 12 heteroatoms. The normalized spacial score (nSPS) is 19.2. The molecular formula is C24H27F3N4O3S2. The number of benzene rings is 1. The molecule has 36 heavy (non-hydrogen) atoms. The van der Waals surface area contributed by atoms with E-state index in [0.717, 1.165) is 23.8 Å². The number of anilines is 1. The first kappa shape index (κ1) is 26.6. The lowest BCUT2D eigenvalue weighted by atomic mass is 9.95. The average Bonchev–Trinajstić information content (AvgIpc) is 3.40. The minimum atomic E-state index is -4.81. The van der Waals surface area contributed by atoms with Crippen LogP contribution in [0.3, 0.4) is 0 Å². The molecule has 0 aliphatic carbocycles. The lowest BCUT2D eigenvalue weighted by molar-refractivity contribution is -0.258. The van der Waals surface area contributed by atoms with Gasteiger partial charge in [-0.1, -0.05) is 24.3 Å². The van der Waals surface area contributed by atoms with Crippen LogP contribution in [0.25, 0.3) is 0 Å². The van der Waals surface area contributed by atoms with Crippen LogP contribution in [0.2, 0.25) is 0 Å². The minimum Gasteiger partial charge on any atom is -0.376 e. The van der Waals surface area contributed by atoms with Gasteiger partial charge in [-0.2, -0.15) is 17.5 Å². The fourth-order valence-corrected chi connectivity index (χ4v) is 6.74. The van der Waals surface area contributed by atoms with Gasteiger partial charge < -0.3 is 15.3 Å². The van der Waals surface area contributed by atoms with Gasteiger partial charge in [0, 0.05) is 50.8 Å². The molecule has 2 atom stereocenters. The fourth-order valence-electron chi connectivity index (χ4n) is 4.12. The van der Waals surface area contributed by atoms with E-state index in [-0.39, 0.29) is 28.9 Å². The van der Waals surface area contributed by atoms with E-state index in [1.165, 1.54) is 28.6 Å². The Kier molecular flexibility index (Phi) is 7.72. The van der Waals surface area contributed by atoms with Crippen molar-refractivity contribution >= 4 is 27.0 Å². The first-order valence-electron chi connectivity index (χ1n) is 11.3. The monoisotopic (exact) mass is 540 g/mol. The highest BCUT2D eigenvalue weighted by Gasteiger charge is 2.51. The second kappa shape index (κ2) is 10.5. The molecule has 2 aromatic heterocycles. The molecule has 1 fully saturated rings. The molecule has 1 aromatic carbocycles. The molecule has 194 valence electrons. The topological polar surface area (TPSA) is 85.8 Å². The number of nitrogens with one attached hydrogen (secondary N) is 1. The largest absolute Gasteiger partial charge is 0.421 e. The number of hydrogen-bond acceptors (Lipinski definition) is 7. The lowest BCUT2D eigenvalue weighted by Crippen LogP contribution is -2.57. The van der Waals surface area contributed by atoms with Crippen LogP contribution < -0.4 is 10.2 Å². The molecule has 7 nitrogen and oxygen atoms in total. The van der Waals surface area contributed by atoms with Gasteiger partial charge in [-0.15, -0.1) is 11.3 Å². The van der Waals surface area contributed by atoms with E-state index in [0.29, 0.717) is 25.3 Å². The molecule has 2 unspecified atom stereocenters. The van der Waals surface area contributed by atoms with E-state index < -0.39 is 21.8 Å². The van der Waals surface area contributed by atoms with E-state index in [2.05, 4.69) is 10.3 Å². The molecule has 3 aromatic rings. The average molecular weight is 541 g/mol. The third-order valence-electron chi connectivity index (χ3n) is 6.28. The molecule has 1 saturated heterocycles. The number of alkyl halides is 3. The van der Waals surface area contributed by atoms with Crippen molar-refractivity contribution in [3.8, 4) is 0 Å². The molecular weight excluding hydrogens is 513 g/mol. The van der Waals surface area contributed by atoms with Crippen molar-refractivity contribution < 1.29 is 26.7 Å². The number of hydrogen-bond donors (Lipinski definition) is 2. The highest BCUT2D eigenvalue weighted by molar-refractivity contribution is 7.91. The van der Waals surface area contributed by atoms with Gasteiger partial charge in [0.1, 0.15) is 4.21 Å². The van der Waals surface area contributed by atoms with Crippen molar-refractivity contribution in [3.05, 3.63) is 77.4 Å². The molecule has 0 saturated carbocycles. The van der Waals surface area contributed by atoms with Crippen molar-refractivity contribution in [1.29, 1.82) is 0 Å². The summed E-state index contributed by atoms with van der Waals surface area (Å²) in [7, 11) is -3.65. The Morgan fingerprint density at radius 2 is 1.89 bits per heavy atom. The molecule has 0 bridgehead atoms. The number of piperazine rings is 1. The highest BCUT2D eigenvalue weighted by atomic mass is 32.2. The van der Waals surface area contributed by atoms with Gasteiger partial charge in [-0.25, -0.2) is 8.42 Å². The minimum absolute atomic E-state index is 0.211. The summed E-state index contributed by atoms with van der Waals surface area (Å²) in [6.07, 6.45) is -1.39. The van der Waals surface area contributed by atoms with Crippen molar-refractivity contribution in [2.75, 3.05) is 31.1 Å². The molecule has 0 amide bonds. The van der Waals surface area contributed by atoms with Gasteiger partial charge in [0.25, 0.3) is 10.0 Å². The third kappa shape index (κ3) is 5.57. The van der Waals surface area contributed by atoms with Crippen molar-refractivity contribution in [2.45, 2.75) is 35.5 Å². The zero-order valence-electron chi connectivity index (χ0n) is 19.5. The predicted octanol–water partition coefficient (Wildman–Crippen LogP) is 3.58. The van der Waals surface area contributed by atoms with Crippen molar-refractivity contribution in [2.24, 2.45) is 0 Å². The van der Waals surface area contributed by atoms with Crippen LogP contribution in [0, 0.1) is 0 Å². The maximum Gasteiger partial charge on any atom is 0.421 e. The number of pyridine rings is 1. The molecule has 1 aliphatic heterocycles. The quantitative estimate of drug-likeness (QED) is 0.455. The zero-order valence-corrected chi connectivity index (χ0v) is 21.2. The molecule has 0 radical (unpaired) electrons. The summed E-state index contributed by atoms with van der Waals surface area (Å²) in [5.41, 5.74) is -1.60. The first-order valence-corrected chi connectivity index (χ1v) is 13.6. The van der Waals surface area contributed by atoms with Gasteiger partial charge >= 0.3 is 6.18 Å². The van der Waals surface area contributed by atoms with E-state index in [1.807, 2.05) is 17.0 Å². The van der Waals surface area contributed by atoms with Crippen LogP contribution in [0.4, 0.5) is 18.9 Å². The number of thiophene rings is 1. The Bertz CT molecular complexity index is 1240. The third-order valence-corrected chi connectivity index (χ3v) is 9.52. The Balaban J connectivity index is 1.55. The summed E-state index contributed by atoms with van der Waals surface area (Å²) >= 11 is 1.16. The van der Waals surface area contributed by atoms with Crippen molar-refractivity contribution in [3.63, 3.8) is 0 Å². The number of aliphatic hydroxyl groups is 1. The molecule has 2 N–H and O–H groups in total. The summed E-state index contributed by atoms with van der Waals surface area (Å²) in [6.45, 7) is 2.50. The van der Waals surface area contributed by atoms with E-state index in [9.17, 15) is 26.7 Å². The standard InChI is InChI=1S/C24H27F3N4O3S2/c1-23(32,24(25,26)27)19-6-8-20(9-7-19)31-12-11-30(36(33,34)22-5-3-13-35-22)17-21(31)16-29-15-18-4-2-10-28-14-18/h2-10,13-14,21,29,32H,11-12,15-17H2,1H3. The van der Waals surface area contributed by atoms with Crippen LogP contribution in [0.1, 0.15) is 18.1 Å². The Morgan fingerprint density at radius 3 is 2.50 bits per heavy atom. The van der Waals surface area contributed by atoms with Crippen molar-refractivity contribution in [1.82, 2.24) is 14.6 Å². The highest BCUT2D eigenvalue weighted by Crippen LogP contribution is 2.39. The second-order valence-corrected chi connectivity index (χ2v) is 11.9. The summed E-state index contributed by atoms with van der Waals surface area (Å²) in [5, 5.41) is 15.0. The molecule has 3 heterocycles. The lowest BCUT2D eigenvalue weighted by Gasteiger charge is -2.42. The molecule has 1 aliphatic rings. The second-order valence-electron chi connectivity index (χ2n) is 8.75. The SMILES string of the molecule is CC(O)(c1ccc(N2CCN(S(=O)(=O)c3cccs3)CC2CNCc2cccnc2)cc1)C(F)(F)F. The summed E-state index contributed by atoms with van der Waals surface area (Å²) in [5.74, 6) is 0. The van der Waals surface area contributed by atoms with E-state index >= 15 is 0 Å². The van der Waals surface area contributed by atoms with E-state index in [1.54, 1.807) is 29.9 Å². The maximum atomic E-state index is 13.3. The van der Waals surface area contributed by atoms with Gasteiger partial charge in [-0.05, 0) is 47.7 Å². The smallest absolute Gasteiger partial charge is 0.376 e. The number of sulfonamides is 1. The van der Waals surface area contributed by atoms with Crippen LogP contribution in [-0.2, 0) is 22.2 Å². The van der Waals surface area contributed by atoms with Crippen LogP contribution >= 0.6 is 11.3 Å². The number of aromatic nitrogens is 1. The summed E-state index contributed by atoms with van der Waals surface area (Å²) in [4.78, 5) is 6.08. The van der Waals surface area contributed by atoms with Crippen LogP contribution in [0.15, 0.2) is 70.5 Å².